The molecule has 9 heteroatoms. The smallest absolute Gasteiger partial charge is 0.234 e. The predicted molar refractivity (Wildman–Crippen MR) is 109 cm³/mol. The van der Waals surface area contributed by atoms with Crippen LogP contribution >= 0.6 is 23.4 Å². The largest absolute Gasteiger partial charge is 0.325 e. The first-order valence-electron chi connectivity index (χ1n) is 8.19. The van der Waals surface area contributed by atoms with Crippen LogP contribution in [0.3, 0.4) is 0 Å². The standard InChI is InChI=1S/C19H15ClN6OS/c1-2-9-26-18(13-5-7-22-8-6-13)24-25-19(26)28-12-17(27)23-15-4-3-14(11-21)16(20)10-15/h2-8,10H,1,9,12H2,(H,23,27). The van der Waals surface area contributed by atoms with Crippen LogP contribution in [-0.4, -0.2) is 31.4 Å². The Bertz CT molecular complexity index is 1040. The second-order valence-corrected chi connectivity index (χ2v) is 6.93. The molecule has 0 spiro atoms. The lowest BCUT2D eigenvalue weighted by Gasteiger charge is -2.08. The van der Waals surface area contributed by atoms with Gasteiger partial charge in [0.25, 0.3) is 0 Å². The maximum Gasteiger partial charge on any atom is 0.234 e. The second-order valence-electron chi connectivity index (χ2n) is 5.58. The molecule has 140 valence electrons. The van der Waals surface area contributed by atoms with Crippen LogP contribution in [0.25, 0.3) is 11.4 Å². The molecule has 3 aromatic rings. The molecule has 0 radical (unpaired) electrons. The van der Waals surface area contributed by atoms with Crippen molar-refractivity contribution in [2.24, 2.45) is 0 Å². The van der Waals surface area contributed by atoms with Gasteiger partial charge in [-0.2, -0.15) is 5.26 Å². The fraction of sp³-hybridized carbons (Fsp3) is 0.105. The third kappa shape index (κ3) is 4.57. The molecule has 2 heterocycles. The summed E-state index contributed by atoms with van der Waals surface area (Å²) in [5.41, 5.74) is 1.77. The van der Waals surface area contributed by atoms with Gasteiger partial charge in [-0.3, -0.25) is 14.3 Å². The van der Waals surface area contributed by atoms with Gasteiger partial charge in [0.1, 0.15) is 6.07 Å². The summed E-state index contributed by atoms with van der Waals surface area (Å²) >= 11 is 7.26. The van der Waals surface area contributed by atoms with Gasteiger partial charge in [0, 0.05) is 30.2 Å². The van der Waals surface area contributed by atoms with Gasteiger partial charge in [0.05, 0.1) is 16.3 Å². The SMILES string of the molecule is C=CCn1c(SCC(=O)Nc2ccc(C#N)c(Cl)c2)nnc1-c1ccncc1. The van der Waals surface area contributed by atoms with Gasteiger partial charge in [-0.05, 0) is 30.3 Å². The Morgan fingerprint density at radius 1 is 1.32 bits per heavy atom. The van der Waals surface area contributed by atoms with Gasteiger partial charge in [-0.25, -0.2) is 0 Å². The van der Waals surface area contributed by atoms with Crippen molar-refractivity contribution in [2.45, 2.75) is 11.7 Å². The quantitative estimate of drug-likeness (QED) is 0.470. The molecule has 2 aromatic heterocycles. The van der Waals surface area contributed by atoms with E-state index in [1.165, 1.54) is 11.8 Å². The molecule has 0 saturated carbocycles. The van der Waals surface area contributed by atoms with Crippen LogP contribution in [0.2, 0.25) is 5.02 Å². The molecule has 28 heavy (non-hydrogen) atoms. The lowest BCUT2D eigenvalue weighted by atomic mass is 10.2. The third-order valence-electron chi connectivity index (χ3n) is 3.67. The number of aromatic nitrogens is 4. The number of allylic oxidation sites excluding steroid dienone is 1. The summed E-state index contributed by atoms with van der Waals surface area (Å²) < 4.78 is 1.89. The number of nitriles is 1. The number of halogens is 1. The van der Waals surface area contributed by atoms with Crippen molar-refractivity contribution < 1.29 is 4.79 Å². The molecule has 0 atom stereocenters. The van der Waals surface area contributed by atoms with Crippen LogP contribution < -0.4 is 5.32 Å². The summed E-state index contributed by atoms with van der Waals surface area (Å²) in [5, 5.41) is 21.0. The van der Waals surface area contributed by atoms with Crippen LogP contribution in [0.1, 0.15) is 5.56 Å². The molecule has 1 N–H and O–H groups in total. The fourth-order valence-corrected chi connectivity index (χ4v) is 3.38. The summed E-state index contributed by atoms with van der Waals surface area (Å²) in [6.07, 6.45) is 5.12. The predicted octanol–water partition coefficient (Wildman–Crippen LogP) is 3.78. The monoisotopic (exact) mass is 410 g/mol. The van der Waals surface area contributed by atoms with Crippen molar-refractivity contribution >= 4 is 35.0 Å². The average Bonchev–Trinajstić information content (AvgIpc) is 3.10. The Kier molecular flexibility index (Phi) is 6.42. The maximum absolute atomic E-state index is 12.3. The number of thioether (sulfide) groups is 1. The molecular weight excluding hydrogens is 396 g/mol. The van der Waals surface area contributed by atoms with Crippen molar-refractivity contribution in [2.75, 3.05) is 11.1 Å². The number of amides is 1. The zero-order valence-corrected chi connectivity index (χ0v) is 16.2. The number of hydrogen-bond donors (Lipinski definition) is 1. The molecule has 0 aliphatic carbocycles. The Morgan fingerprint density at radius 2 is 2.11 bits per heavy atom. The van der Waals surface area contributed by atoms with E-state index in [0.717, 1.165) is 5.56 Å². The Morgan fingerprint density at radius 3 is 2.79 bits per heavy atom. The van der Waals surface area contributed by atoms with Crippen LogP contribution in [0.5, 0.6) is 0 Å². The summed E-state index contributed by atoms with van der Waals surface area (Å²) in [6.45, 7) is 4.29. The molecule has 0 bridgehead atoms. The van der Waals surface area contributed by atoms with Gasteiger partial charge in [0.15, 0.2) is 11.0 Å². The number of carbonyl (C=O) groups is 1. The highest BCUT2D eigenvalue weighted by molar-refractivity contribution is 7.99. The van der Waals surface area contributed by atoms with E-state index in [2.05, 4.69) is 27.1 Å². The summed E-state index contributed by atoms with van der Waals surface area (Å²) in [7, 11) is 0. The van der Waals surface area contributed by atoms with Gasteiger partial charge >= 0.3 is 0 Å². The van der Waals surface area contributed by atoms with E-state index >= 15 is 0 Å². The Labute approximate surface area is 171 Å². The number of carbonyl (C=O) groups excluding carboxylic acids is 1. The van der Waals surface area contributed by atoms with Gasteiger partial charge in [0.2, 0.25) is 5.91 Å². The minimum atomic E-state index is -0.218. The van der Waals surface area contributed by atoms with Crippen LogP contribution in [0.4, 0.5) is 5.69 Å². The molecule has 7 nitrogen and oxygen atoms in total. The van der Waals surface area contributed by atoms with Crippen LogP contribution in [0.15, 0.2) is 60.5 Å². The first kappa shape index (κ1) is 19.6. The third-order valence-corrected chi connectivity index (χ3v) is 4.95. The van der Waals surface area contributed by atoms with Crippen molar-refractivity contribution in [3.8, 4) is 17.5 Å². The van der Waals surface area contributed by atoms with E-state index in [-0.39, 0.29) is 11.7 Å². The first-order valence-corrected chi connectivity index (χ1v) is 9.55. The van der Waals surface area contributed by atoms with E-state index in [9.17, 15) is 4.79 Å². The van der Waals surface area contributed by atoms with E-state index < -0.39 is 0 Å². The lowest BCUT2D eigenvalue weighted by molar-refractivity contribution is -0.113. The number of hydrogen-bond acceptors (Lipinski definition) is 6. The zero-order chi connectivity index (χ0) is 19.9. The molecule has 0 aliphatic heterocycles. The van der Waals surface area contributed by atoms with Gasteiger partial charge < -0.3 is 5.32 Å². The van der Waals surface area contributed by atoms with Crippen molar-refractivity contribution in [3.63, 3.8) is 0 Å². The van der Waals surface area contributed by atoms with E-state index in [4.69, 9.17) is 16.9 Å². The molecule has 3 rings (SSSR count). The minimum absolute atomic E-state index is 0.142. The van der Waals surface area contributed by atoms with Crippen LogP contribution in [0, 0.1) is 11.3 Å². The summed E-state index contributed by atoms with van der Waals surface area (Å²) in [5.74, 6) is 0.608. The molecular formula is C19H15ClN6OS. The Balaban J connectivity index is 1.69. The number of anilines is 1. The van der Waals surface area contributed by atoms with E-state index in [1.807, 2.05) is 22.8 Å². The highest BCUT2D eigenvalue weighted by Crippen LogP contribution is 2.24. The topological polar surface area (TPSA) is 96.5 Å². The highest BCUT2D eigenvalue weighted by atomic mass is 35.5. The number of pyridine rings is 1. The maximum atomic E-state index is 12.3. The van der Waals surface area contributed by atoms with Crippen molar-refractivity contribution in [1.82, 2.24) is 19.7 Å². The van der Waals surface area contributed by atoms with E-state index in [1.54, 1.807) is 36.7 Å². The average molecular weight is 411 g/mol. The molecule has 1 aromatic carbocycles. The molecule has 0 unspecified atom stereocenters. The zero-order valence-electron chi connectivity index (χ0n) is 14.7. The normalized spacial score (nSPS) is 10.3. The lowest BCUT2D eigenvalue weighted by Crippen LogP contribution is -2.14. The van der Waals surface area contributed by atoms with Crippen molar-refractivity contribution in [3.05, 3.63) is 66.0 Å². The number of benzene rings is 1. The first-order chi connectivity index (χ1) is 13.6. The molecule has 1 amide bonds. The van der Waals surface area contributed by atoms with Gasteiger partial charge in [-0.15, -0.1) is 16.8 Å². The second kappa shape index (κ2) is 9.17. The molecule has 0 saturated heterocycles. The highest BCUT2D eigenvalue weighted by Gasteiger charge is 2.15. The number of rotatable bonds is 7. The van der Waals surface area contributed by atoms with Crippen LogP contribution in [-0.2, 0) is 11.3 Å². The number of nitrogens with zero attached hydrogens (tertiary/aromatic N) is 5. The minimum Gasteiger partial charge on any atom is -0.325 e. The molecule has 0 aliphatic rings. The Hall–Kier alpha value is -3.15. The summed E-state index contributed by atoms with van der Waals surface area (Å²) in [6, 6.07) is 10.4. The number of nitrogens with one attached hydrogen (secondary N) is 1. The van der Waals surface area contributed by atoms with Gasteiger partial charge in [-0.1, -0.05) is 29.4 Å². The molecule has 0 fully saturated rings. The fourth-order valence-electron chi connectivity index (χ4n) is 2.41. The van der Waals surface area contributed by atoms with Crippen molar-refractivity contribution in [1.29, 1.82) is 5.26 Å². The van der Waals surface area contributed by atoms with E-state index in [0.29, 0.717) is 33.8 Å². The summed E-state index contributed by atoms with van der Waals surface area (Å²) in [4.78, 5) is 16.3.